The van der Waals surface area contributed by atoms with E-state index in [0.29, 0.717) is 12.4 Å². The van der Waals surface area contributed by atoms with Gasteiger partial charge in [0.15, 0.2) is 0 Å². The zero-order valence-corrected chi connectivity index (χ0v) is 8.28. The molecule has 70 valence electrons. The van der Waals surface area contributed by atoms with E-state index in [-0.39, 0.29) is 0 Å². The largest absolute Gasteiger partial charge is 0.280 e. The Labute approximate surface area is 83.0 Å². The maximum atomic E-state index is 5.53. The van der Waals surface area contributed by atoms with Crippen LogP contribution in [-0.4, -0.2) is 24.5 Å². The molecule has 13 heavy (non-hydrogen) atoms. The van der Waals surface area contributed by atoms with Gasteiger partial charge >= 0.3 is 0 Å². The van der Waals surface area contributed by atoms with Crippen LogP contribution in [-0.2, 0) is 0 Å². The molecular weight excluding hydrogens is 186 g/mol. The van der Waals surface area contributed by atoms with Crippen molar-refractivity contribution in [2.75, 3.05) is 19.5 Å². The predicted octanol–water partition coefficient (Wildman–Crippen LogP) is 2.86. The fourth-order valence-corrected chi connectivity index (χ4v) is 1.03. The number of halogens is 1. The molecule has 0 spiro atoms. The van der Waals surface area contributed by atoms with Gasteiger partial charge in [0.25, 0.3) is 0 Å². The van der Waals surface area contributed by atoms with Crippen molar-refractivity contribution in [1.82, 2.24) is 5.01 Å². The first-order chi connectivity index (χ1) is 6.33. The summed E-state index contributed by atoms with van der Waals surface area (Å²) in [6.45, 7) is 0.706. The van der Waals surface area contributed by atoms with Crippen LogP contribution in [0.15, 0.2) is 40.7 Å². The summed E-state index contributed by atoms with van der Waals surface area (Å²) in [5.41, 5.74) is 0.851. The molecule has 0 unspecified atom stereocenters. The Hall–Kier alpha value is -1.09. The van der Waals surface area contributed by atoms with Crippen LogP contribution in [0.3, 0.4) is 0 Å². The maximum Gasteiger partial charge on any atom is 0.0874 e. The lowest BCUT2D eigenvalue weighted by Gasteiger charge is -2.07. The zero-order chi connectivity index (χ0) is 9.52. The van der Waals surface area contributed by atoms with E-state index in [1.165, 1.54) is 0 Å². The monoisotopic (exact) mass is 197 g/mol. The summed E-state index contributed by atoms with van der Waals surface area (Å²) in [6.07, 6.45) is 0. The van der Waals surface area contributed by atoms with Gasteiger partial charge in [0, 0.05) is 12.9 Å². The van der Waals surface area contributed by atoms with Crippen molar-refractivity contribution in [3.63, 3.8) is 0 Å². The van der Waals surface area contributed by atoms with Crippen molar-refractivity contribution >= 4 is 17.3 Å². The molecule has 0 N–H and O–H groups in total. The molecule has 0 aliphatic carbocycles. The summed E-state index contributed by atoms with van der Waals surface area (Å²) >= 11 is 5.53. The molecule has 0 heterocycles. The van der Waals surface area contributed by atoms with E-state index in [0.717, 1.165) is 5.69 Å². The second-order valence-electron chi connectivity index (χ2n) is 2.60. The molecule has 0 amide bonds. The molecule has 1 aromatic rings. The predicted molar refractivity (Wildman–Crippen MR) is 54.3 cm³/mol. The lowest BCUT2D eigenvalue weighted by atomic mass is 10.3. The highest BCUT2D eigenvalue weighted by atomic mass is 35.5. The summed E-state index contributed by atoms with van der Waals surface area (Å²) in [5.74, 6) is 0.560. The van der Waals surface area contributed by atoms with Crippen molar-refractivity contribution in [3.05, 3.63) is 30.3 Å². The van der Waals surface area contributed by atoms with Crippen LogP contribution in [0.5, 0.6) is 0 Å². The van der Waals surface area contributed by atoms with E-state index in [4.69, 9.17) is 11.6 Å². The Morgan fingerprint density at radius 3 is 2.62 bits per heavy atom. The van der Waals surface area contributed by atoms with Gasteiger partial charge in [-0.25, -0.2) is 0 Å². The SMILES string of the molecule is CN(CCCl)N=Nc1ccccc1. The summed E-state index contributed by atoms with van der Waals surface area (Å²) in [7, 11) is 1.84. The smallest absolute Gasteiger partial charge is 0.0874 e. The highest BCUT2D eigenvalue weighted by molar-refractivity contribution is 6.18. The molecule has 1 rings (SSSR count). The minimum absolute atomic E-state index is 0.560. The standard InChI is InChI=1S/C9H12ClN3/c1-13(8-7-10)12-11-9-5-3-2-4-6-9/h2-6H,7-8H2,1H3. The van der Waals surface area contributed by atoms with Gasteiger partial charge in [-0.3, -0.25) is 5.01 Å². The summed E-state index contributed by atoms with van der Waals surface area (Å²) in [6, 6.07) is 9.60. The first-order valence-corrected chi connectivity index (χ1v) is 4.60. The third kappa shape index (κ3) is 3.90. The van der Waals surface area contributed by atoms with Crippen molar-refractivity contribution in [1.29, 1.82) is 0 Å². The first-order valence-electron chi connectivity index (χ1n) is 4.06. The number of rotatable bonds is 4. The van der Waals surface area contributed by atoms with Crippen molar-refractivity contribution in [2.24, 2.45) is 10.3 Å². The Morgan fingerprint density at radius 1 is 1.31 bits per heavy atom. The lowest BCUT2D eigenvalue weighted by Crippen LogP contribution is -2.12. The molecule has 4 heteroatoms. The molecule has 0 radical (unpaired) electrons. The Bertz CT molecular complexity index is 261. The van der Waals surface area contributed by atoms with E-state index in [9.17, 15) is 0 Å². The number of benzene rings is 1. The number of nitrogens with zero attached hydrogens (tertiary/aromatic N) is 3. The van der Waals surface area contributed by atoms with Crippen LogP contribution in [0.25, 0.3) is 0 Å². The second kappa shape index (κ2) is 5.54. The van der Waals surface area contributed by atoms with E-state index >= 15 is 0 Å². The molecule has 3 nitrogen and oxygen atoms in total. The van der Waals surface area contributed by atoms with Gasteiger partial charge in [0.1, 0.15) is 0 Å². The summed E-state index contributed by atoms with van der Waals surface area (Å²) < 4.78 is 0. The molecular formula is C9H12ClN3. The fourth-order valence-electron chi connectivity index (χ4n) is 0.790. The first kappa shape index (κ1) is 9.99. The molecule has 0 bridgehead atoms. The molecule has 0 fully saturated rings. The number of hydrogen-bond acceptors (Lipinski definition) is 2. The van der Waals surface area contributed by atoms with E-state index < -0.39 is 0 Å². The Morgan fingerprint density at radius 2 is 2.00 bits per heavy atom. The van der Waals surface area contributed by atoms with E-state index in [1.807, 2.05) is 37.4 Å². The number of alkyl halides is 1. The highest BCUT2D eigenvalue weighted by Crippen LogP contribution is 2.10. The molecule has 0 aromatic heterocycles. The highest BCUT2D eigenvalue weighted by Gasteiger charge is 1.90. The van der Waals surface area contributed by atoms with Gasteiger partial charge in [-0.15, -0.1) is 16.7 Å². The van der Waals surface area contributed by atoms with Gasteiger partial charge in [-0.05, 0) is 12.1 Å². The summed E-state index contributed by atoms with van der Waals surface area (Å²) in [4.78, 5) is 0. The fraction of sp³-hybridized carbons (Fsp3) is 0.333. The van der Waals surface area contributed by atoms with Crippen LogP contribution in [0.4, 0.5) is 5.69 Å². The maximum absolute atomic E-state index is 5.53. The van der Waals surface area contributed by atoms with Crippen LogP contribution < -0.4 is 0 Å². The van der Waals surface area contributed by atoms with E-state index in [1.54, 1.807) is 5.01 Å². The van der Waals surface area contributed by atoms with Gasteiger partial charge in [-0.1, -0.05) is 23.4 Å². The molecule has 0 aliphatic heterocycles. The van der Waals surface area contributed by atoms with Gasteiger partial charge in [0.2, 0.25) is 0 Å². The topological polar surface area (TPSA) is 28.0 Å². The Balaban J connectivity index is 2.49. The van der Waals surface area contributed by atoms with Crippen LogP contribution in [0, 0.1) is 0 Å². The number of hydrogen-bond donors (Lipinski definition) is 0. The second-order valence-corrected chi connectivity index (χ2v) is 2.97. The quantitative estimate of drug-likeness (QED) is 0.415. The average Bonchev–Trinajstić information content (AvgIpc) is 2.17. The average molecular weight is 198 g/mol. The molecule has 1 aromatic carbocycles. The van der Waals surface area contributed by atoms with Crippen molar-refractivity contribution in [3.8, 4) is 0 Å². The third-order valence-electron chi connectivity index (χ3n) is 1.48. The normalized spacial score (nSPS) is 10.6. The van der Waals surface area contributed by atoms with Gasteiger partial charge in [-0.2, -0.15) is 0 Å². The van der Waals surface area contributed by atoms with Crippen molar-refractivity contribution in [2.45, 2.75) is 0 Å². The Kier molecular flexibility index (Phi) is 4.26. The zero-order valence-electron chi connectivity index (χ0n) is 7.52. The molecule has 0 aliphatic rings. The van der Waals surface area contributed by atoms with Gasteiger partial charge < -0.3 is 0 Å². The van der Waals surface area contributed by atoms with E-state index in [2.05, 4.69) is 10.3 Å². The van der Waals surface area contributed by atoms with Crippen LogP contribution in [0.1, 0.15) is 0 Å². The van der Waals surface area contributed by atoms with Gasteiger partial charge in [0.05, 0.1) is 12.2 Å². The van der Waals surface area contributed by atoms with Crippen LogP contribution in [0.2, 0.25) is 0 Å². The minimum Gasteiger partial charge on any atom is -0.280 e. The summed E-state index contributed by atoms with van der Waals surface area (Å²) in [5, 5.41) is 9.68. The minimum atomic E-state index is 0.560. The molecule has 0 saturated heterocycles. The molecule has 0 atom stereocenters. The van der Waals surface area contributed by atoms with Crippen LogP contribution >= 0.6 is 11.6 Å². The van der Waals surface area contributed by atoms with Crippen molar-refractivity contribution < 1.29 is 0 Å². The third-order valence-corrected chi connectivity index (χ3v) is 1.65. The molecule has 0 saturated carbocycles. The lowest BCUT2D eigenvalue weighted by molar-refractivity contribution is 0.353.